The van der Waals surface area contributed by atoms with Crippen LogP contribution in [0.2, 0.25) is 0 Å². The molecule has 2 atom stereocenters. The number of carbonyl (C=O) groups excluding carboxylic acids is 1. The van der Waals surface area contributed by atoms with E-state index in [1.54, 1.807) is 19.0 Å². The van der Waals surface area contributed by atoms with Crippen molar-refractivity contribution in [1.82, 2.24) is 15.1 Å². The second-order valence-electron chi connectivity index (χ2n) is 6.31. The summed E-state index contributed by atoms with van der Waals surface area (Å²) in [4.78, 5) is 20.2. The number of hydrogen-bond donors (Lipinski definition) is 1. The van der Waals surface area contributed by atoms with E-state index in [0.29, 0.717) is 6.54 Å². The van der Waals surface area contributed by atoms with Gasteiger partial charge in [0.1, 0.15) is 6.54 Å². The minimum atomic E-state index is 0. The molecule has 0 aromatic carbocycles. The smallest absolute Gasteiger partial charge is 0.243 e. The van der Waals surface area contributed by atoms with Gasteiger partial charge in [0, 0.05) is 33.7 Å². The summed E-state index contributed by atoms with van der Waals surface area (Å²) in [5.74, 6) is 2.50. The van der Waals surface area contributed by atoms with Crippen LogP contribution in [0.3, 0.4) is 0 Å². The molecule has 2 aliphatic rings. The Bertz CT molecular complexity index is 397. The van der Waals surface area contributed by atoms with Gasteiger partial charge in [-0.2, -0.15) is 0 Å². The molecule has 6 heteroatoms. The van der Waals surface area contributed by atoms with Crippen LogP contribution in [0.1, 0.15) is 25.7 Å². The van der Waals surface area contributed by atoms with E-state index in [2.05, 4.69) is 21.8 Å². The number of likely N-dealkylation sites (tertiary alicyclic amines) is 1. The number of halogens is 1. The van der Waals surface area contributed by atoms with Crippen LogP contribution < -0.4 is 5.32 Å². The number of likely N-dealkylation sites (N-methyl/N-ethyl adjacent to an activating group) is 1. The topological polar surface area (TPSA) is 47.9 Å². The molecule has 0 spiro atoms. The number of carbonyl (C=O) groups is 1. The highest BCUT2D eigenvalue weighted by molar-refractivity contribution is 14.0. The molecule has 2 fully saturated rings. The van der Waals surface area contributed by atoms with Crippen LogP contribution in [-0.4, -0.2) is 61.9 Å². The van der Waals surface area contributed by atoms with Crippen molar-refractivity contribution in [2.24, 2.45) is 16.8 Å². The van der Waals surface area contributed by atoms with Crippen molar-refractivity contribution in [3.8, 4) is 0 Å². The van der Waals surface area contributed by atoms with E-state index in [-0.39, 0.29) is 36.4 Å². The fourth-order valence-corrected chi connectivity index (χ4v) is 3.29. The maximum absolute atomic E-state index is 11.7. The fraction of sp³-hybridized carbons (Fsp3) is 0.750. The third-order valence-electron chi connectivity index (χ3n) is 4.54. The summed E-state index contributed by atoms with van der Waals surface area (Å²) in [7, 11) is 3.53. The van der Waals surface area contributed by atoms with Gasteiger partial charge in [-0.15, -0.1) is 30.6 Å². The maximum atomic E-state index is 11.7. The normalized spacial score (nSPS) is 24.3. The van der Waals surface area contributed by atoms with Crippen molar-refractivity contribution < 1.29 is 4.79 Å². The van der Waals surface area contributed by atoms with Gasteiger partial charge in [0.15, 0.2) is 5.96 Å². The molecule has 0 radical (unpaired) electrons. The van der Waals surface area contributed by atoms with Crippen LogP contribution >= 0.6 is 24.0 Å². The minimum Gasteiger partial charge on any atom is -0.353 e. The summed E-state index contributed by atoms with van der Waals surface area (Å²) >= 11 is 0. The predicted octanol–water partition coefficient (Wildman–Crippen LogP) is 1.95. The monoisotopic (exact) mass is 420 g/mol. The van der Waals surface area contributed by atoms with Crippen LogP contribution in [-0.2, 0) is 4.79 Å². The molecule has 1 amide bonds. The van der Waals surface area contributed by atoms with Gasteiger partial charge < -0.3 is 15.1 Å². The summed E-state index contributed by atoms with van der Waals surface area (Å²) in [6.07, 6.45) is 7.23. The van der Waals surface area contributed by atoms with Crippen molar-refractivity contribution in [3.05, 3.63) is 12.7 Å². The standard InChI is InChI=1S/C16H28N4O.HI/c1-4-9-17-16(18-10-15(21)19(2)3)20-11-13-7-5-6-8-14(13)12-20;/h4,13-14H,1,5-12H2,2-3H3,(H,17,18);1H. The first-order valence-corrected chi connectivity index (χ1v) is 7.96. The Hall–Kier alpha value is -0.790. The number of aliphatic imine (C=N–C) groups is 1. The number of amides is 1. The lowest BCUT2D eigenvalue weighted by Crippen LogP contribution is -2.41. The lowest BCUT2D eigenvalue weighted by atomic mass is 9.82. The van der Waals surface area contributed by atoms with E-state index in [4.69, 9.17) is 0 Å². The summed E-state index contributed by atoms with van der Waals surface area (Å²) in [5.41, 5.74) is 0. The Labute approximate surface area is 151 Å². The third-order valence-corrected chi connectivity index (χ3v) is 4.54. The number of nitrogens with zero attached hydrogens (tertiary/aromatic N) is 3. The van der Waals surface area contributed by atoms with Gasteiger partial charge in [0.25, 0.3) is 0 Å². The summed E-state index contributed by atoms with van der Waals surface area (Å²) in [6.45, 7) is 6.78. The van der Waals surface area contributed by atoms with Gasteiger partial charge >= 0.3 is 0 Å². The zero-order chi connectivity index (χ0) is 15.2. The molecule has 1 heterocycles. The van der Waals surface area contributed by atoms with Crippen LogP contribution in [0.25, 0.3) is 0 Å². The van der Waals surface area contributed by atoms with E-state index in [1.165, 1.54) is 25.7 Å². The molecule has 1 saturated carbocycles. The molecule has 0 aromatic heterocycles. The Morgan fingerprint density at radius 3 is 2.41 bits per heavy atom. The average molecular weight is 420 g/mol. The SMILES string of the molecule is C=CCNC(=NCC(=O)N(C)C)N1CC2CCCCC2C1.I. The first kappa shape index (κ1) is 19.3. The molecule has 1 aliphatic carbocycles. The molecule has 22 heavy (non-hydrogen) atoms. The number of rotatable bonds is 4. The van der Waals surface area contributed by atoms with Crippen molar-refractivity contribution in [1.29, 1.82) is 0 Å². The first-order valence-electron chi connectivity index (χ1n) is 7.96. The zero-order valence-electron chi connectivity index (χ0n) is 13.8. The van der Waals surface area contributed by atoms with E-state index >= 15 is 0 Å². The Morgan fingerprint density at radius 2 is 1.91 bits per heavy atom. The predicted molar refractivity (Wildman–Crippen MR) is 102 cm³/mol. The molecule has 2 rings (SSSR count). The van der Waals surface area contributed by atoms with E-state index < -0.39 is 0 Å². The second-order valence-corrected chi connectivity index (χ2v) is 6.31. The van der Waals surface area contributed by atoms with Crippen LogP contribution in [0.5, 0.6) is 0 Å². The van der Waals surface area contributed by atoms with Crippen molar-refractivity contribution in [2.75, 3.05) is 40.3 Å². The van der Waals surface area contributed by atoms with E-state index in [1.807, 2.05) is 6.08 Å². The molecule has 1 saturated heterocycles. The van der Waals surface area contributed by atoms with Gasteiger partial charge in [-0.05, 0) is 24.7 Å². The molecule has 5 nitrogen and oxygen atoms in total. The summed E-state index contributed by atoms with van der Waals surface area (Å²) in [5, 5.41) is 3.30. The molecule has 1 aliphatic heterocycles. The molecule has 0 bridgehead atoms. The molecule has 1 N–H and O–H groups in total. The zero-order valence-corrected chi connectivity index (χ0v) is 16.1. The maximum Gasteiger partial charge on any atom is 0.243 e. The molecule has 2 unspecified atom stereocenters. The Morgan fingerprint density at radius 1 is 1.32 bits per heavy atom. The molecule has 126 valence electrons. The Balaban J connectivity index is 0.00000242. The van der Waals surface area contributed by atoms with Crippen molar-refractivity contribution in [2.45, 2.75) is 25.7 Å². The van der Waals surface area contributed by atoms with Crippen LogP contribution in [0.15, 0.2) is 17.6 Å². The van der Waals surface area contributed by atoms with E-state index in [9.17, 15) is 4.79 Å². The van der Waals surface area contributed by atoms with Crippen molar-refractivity contribution >= 4 is 35.8 Å². The minimum absolute atomic E-state index is 0. The average Bonchev–Trinajstić information content (AvgIpc) is 2.90. The number of hydrogen-bond acceptors (Lipinski definition) is 2. The first-order chi connectivity index (χ1) is 10.1. The third kappa shape index (κ3) is 5.14. The fourth-order valence-electron chi connectivity index (χ4n) is 3.29. The molecular weight excluding hydrogens is 391 g/mol. The molecular formula is C16H29IN4O. The highest BCUT2D eigenvalue weighted by Crippen LogP contribution is 2.35. The van der Waals surface area contributed by atoms with Gasteiger partial charge in [-0.1, -0.05) is 18.9 Å². The van der Waals surface area contributed by atoms with Gasteiger partial charge in [-0.3, -0.25) is 4.79 Å². The van der Waals surface area contributed by atoms with Crippen LogP contribution in [0.4, 0.5) is 0 Å². The quantitative estimate of drug-likeness (QED) is 0.327. The number of nitrogens with one attached hydrogen (secondary N) is 1. The summed E-state index contributed by atoms with van der Waals surface area (Å²) in [6, 6.07) is 0. The lowest BCUT2D eigenvalue weighted by Gasteiger charge is -2.22. The Kier molecular flexibility index (Phi) is 8.20. The van der Waals surface area contributed by atoms with Gasteiger partial charge in [0.2, 0.25) is 5.91 Å². The number of fused-ring (bicyclic) bond motifs is 1. The lowest BCUT2D eigenvalue weighted by molar-refractivity contribution is -0.127. The van der Waals surface area contributed by atoms with Gasteiger partial charge in [-0.25, -0.2) is 4.99 Å². The highest BCUT2D eigenvalue weighted by atomic mass is 127. The second kappa shape index (κ2) is 9.37. The van der Waals surface area contributed by atoms with E-state index in [0.717, 1.165) is 30.9 Å². The largest absolute Gasteiger partial charge is 0.353 e. The van der Waals surface area contributed by atoms with Crippen molar-refractivity contribution in [3.63, 3.8) is 0 Å². The summed E-state index contributed by atoms with van der Waals surface area (Å²) < 4.78 is 0. The highest BCUT2D eigenvalue weighted by Gasteiger charge is 2.35. The number of guanidine groups is 1. The molecule has 0 aromatic rings. The van der Waals surface area contributed by atoms with Gasteiger partial charge in [0.05, 0.1) is 0 Å². The van der Waals surface area contributed by atoms with Crippen LogP contribution in [0, 0.1) is 11.8 Å².